The second kappa shape index (κ2) is 6.36. The summed E-state index contributed by atoms with van der Waals surface area (Å²) >= 11 is 1.15. The van der Waals surface area contributed by atoms with E-state index in [-0.39, 0.29) is 5.75 Å². The van der Waals surface area contributed by atoms with Crippen LogP contribution in [0.25, 0.3) is 11.2 Å². The number of aliphatic carboxylic acids is 1. The SMILES string of the molecule is Cc1ccnc2c1nc(SCC(=O)O)n2CCS(C)=O. The minimum atomic E-state index is -0.921. The predicted molar refractivity (Wildman–Crippen MR) is 79.6 cm³/mol. The zero-order chi connectivity index (χ0) is 14.7. The molecule has 20 heavy (non-hydrogen) atoms. The van der Waals surface area contributed by atoms with Crippen LogP contribution in [-0.2, 0) is 22.1 Å². The van der Waals surface area contributed by atoms with Gasteiger partial charge in [0, 0.05) is 35.5 Å². The molecule has 1 unspecified atom stereocenters. The average molecular weight is 313 g/mol. The Labute approximate surface area is 123 Å². The van der Waals surface area contributed by atoms with Crippen LogP contribution in [0.1, 0.15) is 5.56 Å². The van der Waals surface area contributed by atoms with Crippen LogP contribution < -0.4 is 0 Å². The number of nitrogens with zero attached hydrogens (tertiary/aromatic N) is 3. The number of pyridine rings is 1. The average Bonchev–Trinajstić information content (AvgIpc) is 2.73. The maximum Gasteiger partial charge on any atom is 0.313 e. The predicted octanol–water partition coefficient (Wildman–Crippen LogP) is 1.29. The summed E-state index contributed by atoms with van der Waals surface area (Å²) in [5.74, 6) is -0.461. The van der Waals surface area contributed by atoms with Gasteiger partial charge in [0.1, 0.15) is 5.52 Å². The fourth-order valence-corrected chi connectivity index (χ4v) is 2.96. The Bertz CT molecular complexity index is 669. The first-order valence-electron chi connectivity index (χ1n) is 5.95. The summed E-state index contributed by atoms with van der Waals surface area (Å²) in [6.07, 6.45) is 3.34. The Morgan fingerprint density at radius 3 is 2.95 bits per heavy atom. The summed E-state index contributed by atoms with van der Waals surface area (Å²) in [4.78, 5) is 19.5. The van der Waals surface area contributed by atoms with Gasteiger partial charge in [-0.1, -0.05) is 11.8 Å². The Morgan fingerprint density at radius 2 is 2.30 bits per heavy atom. The van der Waals surface area contributed by atoms with Crippen molar-refractivity contribution in [1.29, 1.82) is 0 Å². The molecular weight excluding hydrogens is 298 g/mol. The molecule has 0 amide bonds. The van der Waals surface area contributed by atoms with Gasteiger partial charge in [0.05, 0.1) is 5.75 Å². The van der Waals surface area contributed by atoms with E-state index in [9.17, 15) is 9.00 Å². The first-order valence-corrected chi connectivity index (χ1v) is 8.66. The van der Waals surface area contributed by atoms with Crippen LogP contribution in [0.2, 0.25) is 0 Å². The van der Waals surface area contributed by atoms with Crippen LogP contribution in [0.5, 0.6) is 0 Å². The highest BCUT2D eigenvalue weighted by Crippen LogP contribution is 2.24. The van der Waals surface area contributed by atoms with Gasteiger partial charge in [0.15, 0.2) is 10.8 Å². The summed E-state index contributed by atoms with van der Waals surface area (Å²) in [5.41, 5.74) is 2.47. The third-order valence-corrected chi connectivity index (χ3v) is 4.45. The first kappa shape index (κ1) is 15.0. The van der Waals surface area contributed by atoms with Crippen molar-refractivity contribution in [2.45, 2.75) is 18.6 Å². The van der Waals surface area contributed by atoms with Crippen molar-refractivity contribution in [3.8, 4) is 0 Å². The van der Waals surface area contributed by atoms with Crippen LogP contribution in [0.3, 0.4) is 0 Å². The number of hydrogen-bond acceptors (Lipinski definition) is 5. The van der Waals surface area contributed by atoms with Crippen LogP contribution in [0.15, 0.2) is 17.4 Å². The topological polar surface area (TPSA) is 85.1 Å². The van der Waals surface area contributed by atoms with E-state index in [4.69, 9.17) is 5.11 Å². The van der Waals surface area contributed by atoms with E-state index in [1.165, 1.54) is 0 Å². The molecule has 0 radical (unpaired) electrons. The van der Waals surface area contributed by atoms with Crippen molar-refractivity contribution < 1.29 is 14.1 Å². The zero-order valence-corrected chi connectivity index (χ0v) is 12.8. The number of carboxylic acid groups (broad SMARTS) is 1. The molecular formula is C12H15N3O3S2. The minimum absolute atomic E-state index is 0.0580. The number of aromatic nitrogens is 3. The van der Waals surface area contributed by atoms with Gasteiger partial charge in [0.2, 0.25) is 0 Å². The van der Waals surface area contributed by atoms with Gasteiger partial charge in [-0.25, -0.2) is 9.97 Å². The maximum atomic E-state index is 11.3. The third-order valence-electron chi connectivity index (χ3n) is 2.73. The number of thioether (sulfide) groups is 1. The quantitative estimate of drug-likeness (QED) is 0.809. The molecule has 108 valence electrons. The van der Waals surface area contributed by atoms with Crippen LogP contribution in [-0.4, -0.2) is 47.6 Å². The second-order valence-electron chi connectivity index (χ2n) is 4.31. The lowest BCUT2D eigenvalue weighted by atomic mass is 10.3. The maximum absolute atomic E-state index is 11.3. The zero-order valence-electron chi connectivity index (χ0n) is 11.2. The molecule has 6 nitrogen and oxygen atoms in total. The smallest absolute Gasteiger partial charge is 0.313 e. The molecule has 1 N–H and O–H groups in total. The summed E-state index contributed by atoms with van der Waals surface area (Å²) in [6, 6.07) is 1.86. The molecule has 0 saturated heterocycles. The largest absolute Gasteiger partial charge is 0.481 e. The van der Waals surface area contributed by atoms with Gasteiger partial charge in [0.25, 0.3) is 0 Å². The fourth-order valence-electron chi connectivity index (χ4n) is 1.78. The van der Waals surface area contributed by atoms with Crippen molar-refractivity contribution in [2.24, 2.45) is 0 Å². The Balaban J connectivity index is 2.42. The van der Waals surface area contributed by atoms with Crippen LogP contribution in [0.4, 0.5) is 0 Å². The van der Waals surface area contributed by atoms with Gasteiger partial charge in [-0.3, -0.25) is 9.00 Å². The molecule has 2 aromatic rings. The molecule has 0 aliphatic heterocycles. The van der Waals surface area contributed by atoms with Gasteiger partial charge in [-0.15, -0.1) is 0 Å². The Hall–Kier alpha value is -1.41. The van der Waals surface area contributed by atoms with E-state index in [0.717, 1.165) is 22.8 Å². The highest BCUT2D eigenvalue weighted by Gasteiger charge is 2.15. The first-order chi connectivity index (χ1) is 9.49. The molecule has 0 aliphatic carbocycles. The van der Waals surface area contributed by atoms with E-state index >= 15 is 0 Å². The van der Waals surface area contributed by atoms with Gasteiger partial charge >= 0.3 is 5.97 Å². The Morgan fingerprint density at radius 1 is 1.55 bits per heavy atom. The monoisotopic (exact) mass is 313 g/mol. The molecule has 2 aromatic heterocycles. The number of imidazole rings is 1. The number of aryl methyl sites for hydroxylation is 2. The van der Waals surface area contributed by atoms with E-state index < -0.39 is 16.8 Å². The highest BCUT2D eigenvalue weighted by molar-refractivity contribution is 7.99. The molecule has 1 atom stereocenters. The van der Waals surface area contributed by atoms with Gasteiger partial charge < -0.3 is 9.67 Å². The van der Waals surface area contributed by atoms with E-state index in [1.54, 1.807) is 12.5 Å². The lowest BCUT2D eigenvalue weighted by Crippen LogP contribution is -2.09. The molecule has 8 heteroatoms. The van der Waals surface area contributed by atoms with Crippen molar-refractivity contribution in [3.63, 3.8) is 0 Å². The van der Waals surface area contributed by atoms with E-state index in [0.29, 0.717) is 23.1 Å². The number of carbonyl (C=O) groups is 1. The van der Waals surface area contributed by atoms with Crippen LogP contribution >= 0.6 is 11.8 Å². The van der Waals surface area contributed by atoms with E-state index in [2.05, 4.69) is 9.97 Å². The van der Waals surface area contributed by atoms with Crippen molar-refractivity contribution in [2.75, 3.05) is 17.8 Å². The molecule has 2 rings (SSSR count). The number of fused-ring (bicyclic) bond motifs is 1. The minimum Gasteiger partial charge on any atom is -0.481 e. The van der Waals surface area contributed by atoms with E-state index in [1.807, 2.05) is 17.6 Å². The van der Waals surface area contributed by atoms with Gasteiger partial charge in [-0.05, 0) is 18.6 Å². The summed E-state index contributed by atoms with van der Waals surface area (Å²) < 4.78 is 13.1. The molecule has 0 bridgehead atoms. The lowest BCUT2D eigenvalue weighted by Gasteiger charge is -2.06. The molecule has 0 spiro atoms. The number of hydrogen-bond donors (Lipinski definition) is 1. The standard InChI is InChI=1S/C12H15N3O3S2/c1-8-3-4-13-11-10(8)14-12(19-7-9(16)17)15(11)5-6-20(2)18/h3-4H,5-7H2,1-2H3,(H,16,17). The number of rotatable bonds is 6. The number of carboxylic acids is 1. The molecule has 0 aliphatic rings. The van der Waals surface area contributed by atoms with Crippen LogP contribution in [0, 0.1) is 6.92 Å². The van der Waals surface area contributed by atoms with Crippen molar-refractivity contribution >= 4 is 39.7 Å². The summed E-state index contributed by atoms with van der Waals surface area (Å²) in [5, 5.41) is 9.40. The molecule has 2 heterocycles. The normalized spacial score (nSPS) is 12.7. The fraction of sp³-hybridized carbons (Fsp3) is 0.417. The second-order valence-corrected chi connectivity index (χ2v) is 6.80. The molecule has 0 fully saturated rings. The highest BCUT2D eigenvalue weighted by atomic mass is 32.2. The van der Waals surface area contributed by atoms with Crippen molar-refractivity contribution in [3.05, 3.63) is 17.8 Å². The third kappa shape index (κ3) is 3.37. The lowest BCUT2D eigenvalue weighted by molar-refractivity contribution is -0.133. The summed E-state index contributed by atoms with van der Waals surface area (Å²) in [7, 11) is -0.921. The Kier molecular flexibility index (Phi) is 4.77. The van der Waals surface area contributed by atoms with Gasteiger partial charge in [-0.2, -0.15) is 0 Å². The molecule has 0 saturated carbocycles. The van der Waals surface area contributed by atoms with Crippen molar-refractivity contribution in [1.82, 2.24) is 14.5 Å². The molecule has 0 aromatic carbocycles. The summed E-state index contributed by atoms with van der Waals surface area (Å²) in [6.45, 7) is 2.45.